The molecule has 4 aromatic rings. The summed E-state index contributed by atoms with van der Waals surface area (Å²) in [5.41, 5.74) is 4.43. The van der Waals surface area contributed by atoms with Gasteiger partial charge in [0.15, 0.2) is 5.58 Å². The van der Waals surface area contributed by atoms with Gasteiger partial charge in [0.05, 0.1) is 10.6 Å². The quantitative estimate of drug-likeness (QED) is 0.508. The molecule has 0 atom stereocenters. The molecule has 3 aromatic carbocycles. The SMILES string of the molecule is Cc1ccccc1-c1nc2ccc(NC(=O)c3ccccc3Cl)cc2o1. The lowest BCUT2D eigenvalue weighted by atomic mass is 10.1. The summed E-state index contributed by atoms with van der Waals surface area (Å²) in [5, 5.41) is 3.25. The van der Waals surface area contributed by atoms with E-state index in [2.05, 4.69) is 10.3 Å². The Bertz CT molecular complexity index is 1120. The summed E-state index contributed by atoms with van der Waals surface area (Å²) in [6.45, 7) is 2.01. The number of fused-ring (bicyclic) bond motifs is 1. The molecule has 0 aliphatic rings. The number of nitrogens with zero attached hydrogens (tertiary/aromatic N) is 1. The van der Waals surface area contributed by atoms with Crippen molar-refractivity contribution in [3.63, 3.8) is 0 Å². The van der Waals surface area contributed by atoms with Crippen molar-refractivity contribution in [1.29, 1.82) is 0 Å². The van der Waals surface area contributed by atoms with Crippen molar-refractivity contribution in [2.75, 3.05) is 5.32 Å². The summed E-state index contributed by atoms with van der Waals surface area (Å²) in [4.78, 5) is 16.9. The fourth-order valence-corrected chi connectivity index (χ4v) is 3.00. The van der Waals surface area contributed by atoms with Gasteiger partial charge in [-0.1, -0.05) is 41.9 Å². The highest BCUT2D eigenvalue weighted by Crippen LogP contribution is 2.28. The van der Waals surface area contributed by atoms with E-state index in [1.807, 2.05) is 37.3 Å². The Balaban J connectivity index is 1.65. The molecule has 0 aliphatic heterocycles. The van der Waals surface area contributed by atoms with Gasteiger partial charge in [-0.25, -0.2) is 4.98 Å². The van der Waals surface area contributed by atoms with Crippen LogP contribution in [0.4, 0.5) is 5.69 Å². The number of aryl methyl sites for hydroxylation is 1. The highest BCUT2D eigenvalue weighted by molar-refractivity contribution is 6.34. The first-order valence-electron chi connectivity index (χ1n) is 8.14. The molecule has 1 amide bonds. The first-order valence-corrected chi connectivity index (χ1v) is 8.52. The van der Waals surface area contributed by atoms with Crippen LogP contribution < -0.4 is 5.32 Å². The van der Waals surface area contributed by atoms with Crippen molar-refractivity contribution in [2.24, 2.45) is 0 Å². The van der Waals surface area contributed by atoms with Gasteiger partial charge in [0, 0.05) is 17.3 Å². The third-order valence-corrected chi connectivity index (χ3v) is 4.47. The summed E-state index contributed by atoms with van der Waals surface area (Å²) < 4.78 is 5.90. The summed E-state index contributed by atoms with van der Waals surface area (Å²) in [7, 11) is 0. The molecule has 26 heavy (non-hydrogen) atoms. The van der Waals surface area contributed by atoms with Crippen LogP contribution in [-0.4, -0.2) is 10.9 Å². The van der Waals surface area contributed by atoms with E-state index in [0.29, 0.717) is 27.7 Å². The van der Waals surface area contributed by atoms with E-state index >= 15 is 0 Å². The van der Waals surface area contributed by atoms with Crippen molar-refractivity contribution in [1.82, 2.24) is 4.98 Å². The van der Waals surface area contributed by atoms with Crippen LogP contribution in [-0.2, 0) is 0 Å². The number of halogens is 1. The second kappa shape index (κ2) is 6.65. The fraction of sp³-hybridized carbons (Fsp3) is 0.0476. The molecule has 1 aromatic heterocycles. The minimum Gasteiger partial charge on any atom is -0.436 e. The Labute approximate surface area is 155 Å². The third kappa shape index (κ3) is 3.07. The first-order chi connectivity index (χ1) is 12.6. The topological polar surface area (TPSA) is 55.1 Å². The minimum atomic E-state index is -0.270. The van der Waals surface area contributed by atoms with Crippen molar-refractivity contribution in [3.05, 3.63) is 82.9 Å². The van der Waals surface area contributed by atoms with Crippen LogP contribution in [0.15, 0.2) is 71.1 Å². The van der Waals surface area contributed by atoms with Gasteiger partial charge >= 0.3 is 0 Å². The molecule has 5 heteroatoms. The number of amides is 1. The zero-order valence-electron chi connectivity index (χ0n) is 14.0. The smallest absolute Gasteiger partial charge is 0.257 e. The van der Waals surface area contributed by atoms with Gasteiger partial charge in [-0.15, -0.1) is 0 Å². The molecular formula is C21H15ClN2O2. The number of rotatable bonds is 3. The van der Waals surface area contributed by atoms with E-state index in [9.17, 15) is 4.79 Å². The third-order valence-electron chi connectivity index (χ3n) is 4.14. The van der Waals surface area contributed by atoms with Crippen LogP contribution in [0, 0.1) is 6.92 Å². The standard InChI is InChI=1S/C21H15ClN2O2/c1-13-6-2-3-7-15(13)21-24-18-11-10-14(12-19(18)26-21)23-20(25)16-8-4-5-9-17(16)22/h2-12H,1H3,(H,23,25). The number of carbonyl (C=O) groups is 1. The number of aromatic nitrogens is 1. The van der Waals surface area contributed by atoms with Crippen molar-refractivity contribution >= 4 is 34.3 Å². The summed E-state index contributed by atoms with van der Waals surface area (Å²) in [6.07, 6.45) is 0. The van der Waals surface area contributed by atoms with Crippen LogP contribution in [0.1, 0.15) is 15.9 Å². The molecule has 1 N–H and O–H groups in total. The number of carbonyl (C=O) groups excluding carboxylic acids is 1. The Morgan fingerprint density at radius 1 is 1.04 bits per heavy atom. The Morgan fingerprint density at radius 2 is 1.81 bits per heavy atom. The zero-order chi connectivity index (χ0) is 18.1. The van der Waals surface area contributed by atoms with Gasteiger partial charge in [0.1, 0.15) is 5.52 Å². The van der Waals surface area contributed by atoms with Crippen LogP contribution >= 0.6 is 11.6 Å². The normalized spacial score (nSPS) is 10.8. The first kappa shape index (κ1) is 16.4. The van der Waals surface area contributed by atoms with Crippen LogP contribution in [0.25, 0.3) is 22.6 Å². The molecule has 0 spiro atoms. The predicted octanol–water partition coefficient (Wildman–Crippen LogP) is 5.71. The van der Waals surface area contributed by atoms with Crippen molar-refractivity contribution < 1.29 is 9.21 Å². The minimum absolute atomic E-state index is 0.270. The van der Waals surface area contributed by atoms with Gasteiger partial charge < -0.3 is 9.73 Å². The molecule has 4 nitrogen and oxygen atoms in total. The molecule has 0 saturated heterocycles. The fourth-order valence-electron chi connectivity index (χ4n) is 2.77. The van der Waals surface area contributed by atoms with Gasteiger partial charge in [-0.2, -0.15) is 0 Å². The maximum absolute atomic E-state index is 12.4. The van der Waals surface area contributed by atoms with E-state index in [4.69, 9.17) is 16.0 Å². The maximum Gasteiger partial charge on any atom is 0.257 e. The van der Waals surface area contributed by atoms with Crippen molar-refractivity contribution in [3.8, 4) is 11.5 Å². The lowest BCUT2D eigenvalue weighted by Gasteiger charge is -2.06. The van der Waals surface area contributed by atoms with Crippen LogP contribution in [0.5, 0.6) is 0 Å². The average Bonchev–Trinajstić information content (AvgIpc) is 3.05. The number of oxazole rings is 1. The van der Waals surface area contributed by atoms with E-state index in [1.165, 1.54) is 0 Å². The summed E-state index contributed by atoms with van der Waals surface area (Å²) in [5.74, 6) is 0.293. The number of anilines is 1. The van der Waals surface area contributed by atoms with E-state index in [0.717, 1.165) is 16.6 Å². The second-order valence-corrected chi connectivity index (χ2v) is 6.36. The van der Waals surface area contributed by atoms with E-state index in [1.54, 1.807) is 36.4 Å². The Hall–Kier alpha value is -3.11. The van der Waals surface area contributed by atoms with Gasteiger partial charge in [0.2, 0.25) is 5.89 Å². The van der Waals surface area contributed by atoms with Gasteiger partial charge in [-0.05, 0) is 42.8 Å². The molecule has 0 saturated carbocycles. The molecule has 0 aliphatic carbocycles. The maximum atomic E-state index is 12.4. The monoisotopic (exact) mass is 362 g/mol. The molecule has 0 radical (unpaired) electrons. The Morgan fingerprint density at radius 3 is 2.62 bits per heavy atom. The zero-order valence-corrected chi connectivity index (χ0v) is 14.7. The van der Waals surface area contributed by atoms with Gasteiger partial charge in [-0.3, -0.25) is 4.79 Å². The molecule has 0 fully saturated rings. The molecule has 128 valence electrons. The second-order valence-electron chi connectivity index (χ2n) is 5.95. The number of benzene rings is 3. The van der Waals surface area contributed by atoms with Crippen molar-refractivity contribution in [2.45, 2.75) is 6.92 Å². The predicted molar refractivity (Wildman–Crippen MR) is 104 cm³/mol. The number of nitrogens with one attached hydrogen (secondary N) is 1. The van der Waals surface area contributed by atoms with Crippen LogP contribution in [0.3, 0.4) is 0 Å². The molecular weight excluding hydrogens is 348 g/mol. The molecule has 0 bridgehead atoms. The molecule has 1 heterocycles. The molecule has 0 unspecified atom stereocenters. The van der Waals surface area contributed by atoms with Crippen LogP contribution in [0.2, 0.25) is 5.02 Å². The molecule has 4 rings (SSSR count). The Kier molecular flexibility index (Phi) is 4.19. The number of hydrogen-bond donors (Lipinski definition) is 1. The lowest BCUT2D eigenvalue weighted by molar-refractivity contribution is 0.102. The highest BCUT2D eigenvalue weighted by Gasteiger charge is 2.13. The van der Waals surface area contributed by atoms with Gasteiger partial charge in [0.25, 0.3) is 5.91 Å². The highest BCUT2D eigenvalue weighted by atomic mass is 35.5. The summed E-state index contributed by atoms with van der Waals surface area (Å²) >= 11 is 6.08. The average molecular weight is 363 g/mol. The van der Waals surface area contributed by atoms with E-state index in [-0.39, 0.29) is 5.91 Å². The lowest BCUT2D eigenvalue weighted by Crippen LogP contribution is -2.12. The van der Waals surface area contributed by atoms with E-state index < -0.39 is 0 Å². The summed E-state index contributed by atoms with van der Waals surface area (Å²) in [6, 6.07) is 20.2. The number of hydrogen-bond acceptors (Lipinski definition) is 3. The largest absolute Gasteiger partial charge is 0.436 e.